The summed E-state index contributed by atoms with van der Waals surface area (Å²) in [6.45, 7) is 4.03. The molecule has 2 heterocycles. The number of rotatable bonds is 3. The van der Waals surface area contributed by atoms with Crippen LogP contribution in [0.1, 0.15) is 16.9 Å². The molecular weight excluding hydrogens is 427 g/mol. The van der Waals surface area contributed by atoms with E-state index >= 15 is 0 Å². The number of amidine groups is 1. The number of halogens is 2. The molecule has 1 aliphatic heterocycles. The van der Waals surface area contributed by atoms with Crippen LogP contribution in [0, 0.1) is 13.8 Å². The summed E-state index contributed by atoms with van der Waals surface area (Å²) < 4.78 is 5.85. The number of carbonyl (C=O) groups is 1. The zero-order valence-electron chi connectivity index (χ0n) is 15.6. The van der Waals surface area contributed by atoms with Crippen LogP contribution in [0.3, 0.4) is 0 Å². The standard InChI is InChI=1S/C22H16Cl2N2O2S/c1-12-7-13(2)9-15(8-12)25-22-26-21(27)20(29-22)11-16-4-6-19(28-16)17-10-14(23)3-5-18(17)24/h3-11H,1-2H3,(H,25,26,27). The van der Waals surface area contributed by atoms with Crippen molar-refractivity contribution in [2.24, 2.45) is 4.99 Å². The molecule has 1 aromatic heterocycles. The first-order valence-corrected chi connectivity index (χ1v) is 10.4. The van der Waals surface area contributed by atoms with Gasteiger partial charge in [-0.1, -0.05) is 29.3 Å². The fourth-order valence-electron chi connectivity index (χ4n) is 3.00. The summed E-state index contributed by atoms with van der Waals surface area (Å²) in [6, 6.07) is 14.8. The number of hydrogen-bond acceptors (Lipinski definition) is 4. The van der Waals surface area contributed by atoms with Crippen LogP contribution in [0.15, 0.2) is 62.8 Å². The molecule has 1 aliphatic rings. The van der Waals surface area contributed by atoms with Crippen LogP contribution < -0.4 is 5.32 Å². The molecule has 4 nitrogen and oxygen atoms in total. The van der Waals surface area contributed by atoms with Crippen LogP contribution in [-0.4, -0.2) is 11.1 Å². The Bertz CT molecular complexity index is 1160. The van der Waals surface area contributed by atoms with Gasteiger partial charge in [-0.2, -0.15) is 0 Å². The second kappa shape index (κ2) is 8.11. The van der Waals surface area contributed by atoms with E-state index in [0.717, 1.165) is 16.8 Å². The number of nitrogens with one attached hydrogen (secondary N) is 1. The fraction of sp³-hybridized carbons (Fsp3) is 0.0909. The van der Waals surface area contributed by atoms with E-state index in [0.29, 0.717) is 37.2 Å². The van der Waals surface area contributed by atoms with Crippen molar-refractivity contribution < 1.29 is 9.21 Å². The average molecular weight is 443 g/mol. The Kier molecular flexibility index (Phi) is 5.54. The lowest BCUT2D eigenvalue weighted by atomic mass is 10.1. The molecule has 3 aromatic rings. The minimum absolute atomic E-state index is 0.211. The SMILES string of the molecule is Cc1cc(C)cc(N=C2NC(=O)C(=Cc3ccc(-c4cc(Cl)ccc4Cl)o3)S2)c1. The van der Waals surface area contributed by atoms with Gasteiger partial charge >= 0.3 is 0 Å². The van der Waals surface area contributed by atoms with Crippen molar-refractivity contribution in [2.45, 2.75) is 13.8 Å². The first-order valence-electron chi connectivity index (χ1n) is 8.80. The van der Waals surface area contributed by atoms with Gasteiger partial charge in [-0.25, -0.2) is 4.99 Å². The van der Waals surface area contributed by atoms with Crippen LogP contribution in [-0.2, 0) is 4.79 Å². The third-order valence-electron chi connectivity index (χ3n) is 4.18. The third-order valence-corrected chi connectivity index (χ3v) is 5.66. The number of amides is 1. The van der Waals surface area contributed by atoms with Gasteiger partial charge in [0.1, 0.15) is 11.5 Å². The molecule has 146 valence electrons. The van der Waals surface area contributed by atoms with Crippen molar-refractivity contribution in [3.8, 4) is 11.3 Å². The summed E-state index contributed by atoms with van der Waals surface area (Å²) in [5.41, 5.74) is 3.75. The van der Waals surface area contributed by atoms with Gasteiger partial charge in [0.05, 0.1) is 15.6 Å². The number of nitrogens with zero attached hydrogens (tertiary/aromatic N) is 1. The van der Waals surface area contributed by atoms with Gasteiger partial charge in [-0.05, 0) is 79.2 Å². The number of carbonyl (C=O) groups excluding carboxylic acids is 1. The van der Waals surface area contributed by atoms with E-state index in [9.17, 15) is 4.79 Å². The Morgan fingerprint density at radius 2 is 1.79 bits per heavy atom. The maximum absolute atomic E-state index is 12.3. The van der Waals surface area contributed by atoms with E-state index in [2.05, 4.69) is 16.4 Å². The molecule has 1 amide bonds. The summed E-state index contributed by atoms with van der Waals surface area (Å²) in [7, 11) is 0. The highest BCUT2D eigenvalue weighted by molar-refractivity contribution is 8.18. The van der Waals surface area contributed by atoms with Crippen LogP contribution in [0.5, 0.6) is 0 Å². The molecule has 0 aliphatic carbocycles. The molecular formula is C22H16Cl2N2O2S. The first kappa shape index (κ1) is 19.8. The number of aliphatic imine (C=N–C) groups is 1. The van der Waals surface area contributed by atoms with Gasteiger partial charge in [0.2, 0.25) is 0 Å². The van der Waals surface area contributed by atoms with Gasteiger partial charge in [-0.3, -0.25) is 4.79 Å². The molecule has 0 spiro atoms. The second-order valence-electron chi connectivity index (χ2n) is 6.65. The molecule has 0 unspecified atom stereocenters. The van der Waals surface area contributed by atoms with Crippen LogP contribution in [0.4, 0.5) is 5.69 Å². The van der Waals surface area contributed by atoms with Crippen LogP contribution in [0.25, 0.3) is 17.4 Å². The normalized spacial score (nSPS) is 16.6. The average Bonchev–Trinajstić information content (AvgIpc) is 3.23. The van der Waals surface area contributed by atoms with Crippen LogP contribution in [0.2, 0.25) is 10.0 Å². The molecule has 7 heteroatoms. The lowest BCUT2D eigenvalue weighted by molar-refractivity contribution is -0.115. The smallest absolute Gasteiger partial charge is 0.264 e. The largest absolute Gasteiger partial charge is 0.457 e. The second-order valence-corrected chi connectivity index (χ2v) is 8.53. The predicted molar refractivity (Wildman–Crippen MR) is 121 cm³/mol. The maximum Gasteiger partial charge on any atom is 0.264 e. The Balaban J connectivity index is 1.58. The van der Waals surface area contributed by atoms with E-state index in [-0.39, 0.29) is 5.91 Å². The number of hydrogen-bond donors (Lipinski definition) is 1. The maximum atomic E-state index is 12.3. The number of aryl methyl sites for hydroxylation is 2. The molecule has 0 bridgehead atoms. The van der Waals surface area contributed by atoms with Gasteiger partial charge < -0.3 is 9.73 Å². The number of benzene rings is 2. The molecule has 1 fully saturated rings. The van der Waals surface area contributed by atoms with Crippen molar-refractivity contribution in [1.82, 2.24) is 5.32 Å². The highest BCUT2D eigenvalue weighted by atomic mass is 35.5. The summed E-state index contributed by atoms with van der Waals surface area (Å²) in [5.74, 6) is 0.912. The molecule has 1 saturated heterocycles. The molecule has 4 rings (SSSR count). The predicted octanol–water partition coefficient (Wildman–Crippen LogP) is 6.76. The van der Waals surface area contributed by atoms with Gasteiger partial charge in [0.25, 0.3) is 5.91 Å². The van der Waals surface area contributed by atoms with Crippen molar-refractivity contribution in [3.63, 3.8) is 0 Å². The van der Waals surface area contributed by atoms with Gasteiger partial charge in [-0.15, -0.1) is 0 Å². The van der Waals surface area contributed by atoms with E-state index in [1.165, 1.54) is 11.8 Å². The Hall–Kier alpha value is -2.47. The lowest BCUT2D eigenvalue weighted by Crippen LogP contribution is -2.19. The third kappa shape index (κ3) is 4.58. The van der Waals surface area contributed by atoms with Gasteiger partial charge in [0, 0.05) is 16.7 Å². The number of furan rings is 1. The minimum atomic E-state index is -0.211. The Labute approximate surface area is 182 Å². The van der Waals surface area contributed by atoms with Gasteiger partial charge in [0.15, 0.2) is 5.17 Å². The highest BCUT2D eigenvalue weighted by Gasteiger charge is 2.24. The van der Waals surface area contributed by atoms with E-state index in [4.69, 9.17) is 27.6 Å². The zero-order chi connectivity index (χ0) is 20.5. The molecule has 2 aromatic carbocycles. The summed E-state index contributed by atoms with van der Waals surface area (Å²) in [6.07, 6.45) is 1.69. The fourth-order valence-corrected chi connectivity index (χ4v) is 4.21. The lowest BCUT2D eigenvalue weighted by Gasteiger charge is -2.01. The van der Waals surface area contributed by atoms with E-state index < -0.39 is 0 Å². The molecule has 0 atom stereocenters. The van der Waals surface area contributed by atoms with Crippen LogP contribution >= 0.6 is 35.0 Å². The zero-order valence-corrected chi connectivity index (χ0v) is 18.0. The number of thioether (sulfide) groups is 1. The van der Waals surface area contributed by atoms with E-state index in [1.807, 2.05) is 26.0 Å². The van der Waals surface area contributed by atoms with Crippen molar-refractivity contribution >= 4 is 57.8 Å². The monoisotopic (exact) mass is 442 g/mol. The summed E-state index contributed by atoms with van der Waals surface area (Å²) >= 11 is 13.6. The van der Waals surface area contributed by atoms with Crippen molar-refractivity contribution in [3.05, 3.63) is 80.4 Å². The highest BCUT2D eigenvalue weighted by Crippen LogP contribution is 2.34. The molecule has 29 heavy (non-hydrogen) atoms. The van der Waals surface area contributed by atoms with E-state index in [1.54, 1.807) is 36.4 Å². The Morgan fingerprint density at radius 3 is 2.55 bits per heavy atom. The van der Waals surface area contributed by atoms with Crippen molar-refractivity contribution in [1.29, 1.82) is 0 Å². The minimum Gasteiger partial charge on any atom is -0.457 e. The summed E-state index contributed by atoms with van der Waals surface area (Å²) in [5, 5.41) is 4.44. The molecule has 1 N–H and O–H groups in total. The Morgan fingerprint density at radius 1 is 1.03 bits per heavy atom. The topological polar surface area (TPSA) is 54.6 Å². The molecule has 0 radical (unpaired) electrons. The molecule has 0 saturated carbocycles. The summed E-state index contributed by atoms with van der Waals surface area (Å²) in [4.78, 5) is 17.4. The quantitative estimate of drug-likeness (QED) is 0.455. The first-order chi connectivity index (χ1) is 13.9. The van der Waals surface area contributed by atoms with Crippen molar-refractivity contribution in [2.75, 3.05) is 0 Å².